The Kier molecular flexibility index (Phi) is 6.09. The van der Waals surface area contributed by atoms with E-state index in [1.165, 1.54) is 12.1 Å². The summed E-state index contributed by atoms with van der Waals surface area (Å²) in [5.74, 6) is -3.02. The molecular formula is C26H24Cl2N2O5. The minimum absolute atomic E-state index is 0.126. The number of imide groups is 1. The highest BCUT2D eigenvalue weighted by Crippen LogP contribution is 2.59. The van der Waals surface area contributed by atoms with Gasteiger partial charge in [-0.05, 0) is 61.4 Å². The zero-order valence-electron chi connectivity index (χ0n) is 19.2. The second-order valence-electron chi connectivity index (χ2n) is 9.46. The first-order valence-electron chi connectivity index (χ1n) is 11.5. The van der Waals surface area contributed by atoms with Crippen LogP contribution < -0.4 is 10.2 Å². The summed E-state index contributed by atoms with van der Waals surface area (Å²) in [5, 5.41) is 2.09. The zero-order chi connectivity index (χ0) is 25.0. The summed E-state index contributed by atoms with van der Waals surface area (Å²) in [6.45, 7) is 3.28. The van der Waals surface area contributed by atoms with Crippen molar-refractivity contribution in [2.24, 2.45) is 23.7 Å². The molecule has 5 rings (SSSR count). The Hall–Kier alpha value is -2.90. The summed E-state index contributed by atoms with van der Waals surface area (Å²) in [4.78, 5) is 52.5. The number of nitrogens with zero attached hydrogens (tertiary/aromatic N) is 1. The van der Waals surface area contributed by atoms with Crippen molar-refractivity contribution in [3.8, 4) is 0 Å². The molecule has 2 bridgehead atoms. The maximum absolute atomic E-state index is 13.2. The topological polar surface area (TPSA) is 92.8 Å². The highest BCUT2D eigenvalue weighted by atomic mass is 35.5. The fourth-order valence-corrected chi connectivity index (χ4v) is 6.67. The quantitative estimate of drug-likeness (QED) is 0.368. The molecule has 0 spiro atoms. The van der Waals surface area contributed by atoms with Crippen molar-refractivity contribution in [2.75, 3.05) is 16.8 Å². The van der Waals surface area contributed by atoms with Crippen molar-refractivity contribution in [3.05, 3.63) is 59.2 Å². The van der Waals surface area contributed by atoms with Gasteiger partial charge in [-0.15, -0.1) is 23.2 Å². The van der Waals surface area contributed by atoms with Crippen LogP contribution in [0.4, 0.5) is 11.4 Å². The van der Waals surface area contributed by atoms with Crippen LogP contribution in [0.25, 0.3) is 0 Å². The van der Waals surface area contributed by atoms with Crippen molar-refractivity contribution >= 4 is 58.3 Å². The second kappa shape index (κ2) is 8.95. The van der Waals surface area contributed by atoms with E-state index < -0.39 is 30.3 Å². The van der Waals surface area contributed by atoms with Gasteiger partial charge in [-0.1, -0.05) is 24.3 Å². The van der Waals surface area contributed by atoms with Gasteiger partial charge in [-0.3, -0.25) is 19.3 Å². The zero-order valence-corrected chi connectivity index (χ0v) is 20.7. The number of aryl methyl sites for hydroxylation is 2. The molecule has 35 heavy (non-hydrogen) atoms. The summed E-state index contributed by atoms with van der Waals surface area (Å²) < 4.78 is 5.19. The molecule has 3 amide bonds. The first-order valence-corrected chi connectivity index (χ1v) is 12.4. The highest BCUT2D eigenvalue weighted by Gasteiger charge is 2.66. The van der Waals surface area contributed by atoms with Gasteiger partial charge in [0, 0.05) is 5.69 Å². The van der Waals surface area contributed by atoms with E-state index in [4.69, 9.17) is 27.9 Å². The Morgan fingerprint density at radius 1 is 0.971 bits per heavy atom. The number of amides is 3. The van der Waals surface area contributed by atoms with Crippen LogP contribution in [-0.4, -0.2) is 41.1 Å². The third kappa shape index (κ3) is 3.91. The number of carbonyl (C=O) groups is 4. The van der Waals surface area contributed by atoms with Gasteiger partial charge in [0.1, 0.15) is 0 Å². The molecule has 1 saturated heterocycles. The molecule has 2 aromatic carbocycles. The summed E-state index contributed by atoms with van der Waals surface area (Å²) in [5.41, 5.74) is 2.90. The number of halogens is 2. The standard InChI is InChI=1S/C26H24Cl2N2O5/c1-12-5-3-6-13(2)23(12)29-18(31)11-35-26(34)14-7-4-8-15(9-14)30-24(32)19-16-10-17(20(19)25(30)33)22(28)21(16)27/h3-9,16-17,19-22H,10-11H2,1-2H3,(H,29,31)/t16-,17-,19-,20+,21+,22+/m1/s1. The fraction of sp³-hybridized carbons (Fsp3) is 0.385. The summed E-state index contributed by atoms with van der Waals surface area (Å²) >= 11 is 12.8. The minimum Gasteiger partial charge on any atom is -0.452 e. The smallest absolute Gasteiger partial charge is 0.338 e. The lowest BCUT2D eigenvalue weighted by atomic mass is 9.80. The predicted molar refractivity (Wildman–Crippen MR) is 132 cm³/mol. The summed E-state index contributed by atoms with van der Waals surface area (Å²) in [7, 11) is 0. The number of hydrogen-bond acceptors (Lipinski definition) is 5. The molecule has 9 heteroatoms. The Morgan fingerprint density at radius 3 is 2.14 bits per heavy atom. The predicted octanol–water partition coefficient (Wildman–Crippen LogP) is 4.07. The number of fused-ring (bicyclic) bond motifs is 5. The Morgan fingerprint density at radius 2 is 1.54 bits per heavy atom. The number of esters is 1. The van der Waals surface area contributed by atoms with Crippen LogP contribution in [0.1, 0.15) is 27.9 Å². The van der Waals surface area contributed by atoms with E-state index in [0.29, 0.717) is 17.8 Å². The van der Waals surface area contributed by atoms with Gasteiger partial charge < -0.3 is 10.1 Å². The number of nitrogens with one attached hydrogen (secondary N) is 1. The molecule has 3 fully saturated rings. The Balaban J connectivity index is 1.27. The second-order valence-corrected chi connectivity index (χ2v) is 10.5. The van der Waals surface area contributed by atoms with E-state index in [1.807, 2.05) is 32.0 Å². The molecular weight excluding hydrogens is 491 g/mol. The van der Waals surface area contributed by atoms with Gasteiger partial charge in [0.25, 0.3) is 5.91 Å². The van der Waals surface area contributed by atoms with Gasteiger partial charge in [-0.25, -0.2) is 4.79 Å². The van der Waals surface area contributed by atoms with Crippen LogP contribution >= 0.6 is 23.2 Å². The van der Waals surface area contributed by atoms with E-state index >= 15 is 0 Å². The van der Waals surface area contributed by atoms with Crippen molar-refractivity contribution < 1.29 is 23.9 Å². The normalized spacial score (nSPS) is 28.9. The SMILES string of the molecule is Cc1cccc(C)c1NC(=O)COC(=O)c1cccc(N2C(=O)[C@@H]3[C@H]4C[C@@H]([C@H](Cl)[C@H]4Cl)[C@@H]3C2=O)c1. The largest absolute Gasteiger partial charge is 0.452 e. The van der Waals surface area contributed by atoms with Gasteiger partial charge >= 0.3 is 5.97 Å². The first-order chi connectivity index (χ1) is 16.7. The van der Waals surface area contributed by atoms with Gasteiger partial charge in [0.05, 0.1) is 33.8 Å². The number of hydrogen-bond donors (Lipinski definition) is 1. The minimum atomic E-state index is -0.732. The van der Waals surface area contributed by atoms with Crippen molar-refractivity contribution in [2.45, 2.75) is 31.0 Å². The van der Waals surface area contributed by atoms with Crippen molar-refractivity contribution in [3.63, 3.8) is 0 Å². The van der Waals surface area contributed by atoms with E-state index in [-0.39, 0.29) is 40.0 Å². The number of ether oxygens (including phenoxy) is 1. The molecule has 7 nitrogen and oxygen atoms in total. The number of anilines is 2. The van der Waals surface area contributed by atoms with Gasteiger partial charge in [0.2, 0.25) is 11.8 Å². The molecule has 1 aliphatic heterocycles. The lowest BCUT2D eigenvalue weighted by Crippen LogP contribution is -2.37. The first kappa shape index (κ1) is 23.8. The van der Waals surface area contributed by atoms with Crippen LogP contribution in [0.15, 0.2) is 42.5 Å². The maximum atomic E-state index is 13.2. The van der Waals surface area contributed by atoms with Gasteiger partial charge in [-0.2, -0.15) is 0 Å². The molecule has 2 aromatic rings. The molecule has 182 valence electrons. The van der Waals surface area contributed by atoms with Crippen LogP contribution in [0, 0.1) is 37.5 Å². The molecule has 2 saturated carbocycles. The third-order valence-corrected chi connectivity index (χ3v) is 8.73. The summed E-state index contributed by atoms with van der Waals surface area (Å²) in [6.07, 6.45) is 0.680. The number of alkyl halides is 2. The molecule has 1 heterocycles. The van der Waals surface area contributed by atoms with Crippen LogP contribution in [-0.2, 0) is 19.1 Å². The van der Waals surface area contributed by atoms with Crippen molar-refractivity contribution in [1.82, 2.24) is 0 Å². The van der Waals surface area contributed by atoms with E-state index in [1.54, 1.807) is 12.1 Å². The average molecular weight is 515 g/mol. The molecule has 0 unspecified atom stereocenters. The lowest BCUT2D eigenvalue weighted by molar-refractivity contribution is -0.123. The van der Waals surface area contributed by atoms with E-state index in [0.717, 1.165) is 16.0 Å². The fourth-order valence-electron chi connectivity index (χ4n) is 5.78. The van der Waals surface area contributed by atoms with E-state index in [2.05, 4.69) is 5.32 Å². The van der Waals surface area contributed by atoms with E-state index in [9.17, 15) is 19.2 Å². The van der Waals surface area contributed by atoms with Gasteiger partial charge in [0.15, 0.2) is 6.61 Å². The van der Waals surface area contributed by atoms with Crippen LogP contribution in [0.5, 0.6) is 0 Å². The third-order valence-electron chi connectivity index (χ3n) is 7.41. The number of carbonyl (C=O) groups excluding carboxylic acids is 4. The molecule has 1 N–H and O–H groups in total. The van der Waals surface area contributed by atoms with Crippen molar-refractivity contribution in [1.29, 1.82) is 0 Å². The number of para-hydroxylation sites is 1. The molecule has 0 aromatic heterocycles. The Bertz CT molecular complexity index is 1200. The van der Waals surface area contributed by atoms with Crippen LogP contribution in [0.3, 0.4) is 0 Å². The number of benzene rings is 2. The molecule has 2 aliphatic carbocycles. The summed E-state index contributed by atoms with van der Waals surface area (Å²) in [6, 6.07) is 11.8. The average Bonchev–Trinajstić information content (AvgIpc) is 3.44. The van der Waals surface area contributed by atoms with Crippen LogP contribution in [0.2, 0.25) is 0 Å². The molecule has 6 atom stereocenters. The molecule has 0 radical (unpaired) electrons. The maximum Gasteiger partial charge on any atom is 0.338 e. The highest BCUT2D eigenvalue weighted by molar-refractivity contribution is 6.32. The monoisotopic (exact) mass is 514 g/mol. The molecule has 3 aliphatic rings. The Labute approximate surface area is 212 Å². The lowest BCUT2D eigenvalue weighted by Gasteiger charge is -2.28. The number of rotatable bonds is 5.